The second kappa shape index (κ2) is 3.07. The van der Waals surface area contributed by atoms with Gasteiger partial charge in [-0.05, 0) is 30.5 Å². The lowest BCUT2D eigenvalue weighted by Gasteiger charge is -2.02. The summed E-state index contributed by atoms with van der Waals surface area (Å²) in [6.07, 6.45) is 1.72. The van der Waals surface area contributed by atoms with Crippen molar-refractivity contribution in [1.82, 2.24) is 4.98 Å². The van der Waals surface area contributed by atoms with E-state index < -0.39 is 0 Å². The summed E-state index contributed by atoms with van der Waals surface area (Å²) >= 11 is 3.31. The second-order valence-corrected chi connectivity index (χ2v) is 3.73. The van der Waals surface area contributed by atoms with Gasteiger partial charge in [-0.3, -0.25) is 4.98 Å². The second-order valence-electron chi connectivity index (χ2n) is 2.88. The summed E-state index contributed by atoms with van der Waals surface area (Å²) in [7, 11) is 0. The zero-order valence-electron chi connectivity index (χ0n) is 7.01. The first-order valence-electron chi connectivity index (χ1n) is 3.89. The quantitative estimate of drug-likeness (QED) is 0.687. The fourth-order valence-electron chi connectivity index (χ4n) is 1.35. The van der Waals surface area contributed by atoms with E-state index in [9.17, 15) is 4.39 Å². The Morgan fingerprint density at radius 2 is 2.08 bits per heavy atom. The molecule has 0 N–H and O–H groups in total. The number of rotatable bonds is 0. The third kappa shape index (κ3) is 1.44. The zero-order valence-corrected chi connectivity index (χ0v) is 8.60. The van der Waals surface area contributed by atoms with Gasteiger partial charge in [-0.2, -0.15) is 0 Å². The summed E-state index contributed by atoms with van der Waals surface area (Å²) < 4.78 is 13.8. The van der Waals surface area contributed by atoms with Gasteiger partial charge >= 0.3 is 0 Å². The summed E-state index contributed by atoms with van der Waals surface area (Å²) in [4.78, 5) is 4.10. The molecule has 66 valence electrons. The molecule has 13 heavy (non-hydrogen) atoms. The molecule has 1 heterocycles. The van der Waals surface area contributed by atoms with Crippen LogP contribution in [-0.4, -0.2) is 4.98 Å². The molecule has 0 aliphatic heterocycles. The lowest BCUT2D eigenvalue weighted by Crippen LogP contribution is -1.85. The predicted molar refractivity (Wildman–Crippen MR) is 54.1 cm³/mol. The smallest absolute Gasteiger partial charge is 0.125 e. The van der Waals surface area contributed by atoms with Crippen LogP contribution in [0.1, 0.15) is 5.69 Å². The van der Waals surface area contributed by atoms with Crippen molar-refractivity contribution in [2.24, 2.45) is 0 Å². The van der Waals surface area contributed by atoms with E-state index >= 15 is 0 Å². The normalized spacial score (nSPS) is 10.7. The fourth-order valence-corrected chi connectivity index (χ4v) is 1.91. The molecule has 1 aromatic carbocycles. The average Bonchev–Trinajstić information content (AvgIpc) is 2.07. The standard InChI is InChI=1S/C10H7BrFN/c1-6-9-4-7(12)5-10(11)8(9)2-3-13-6/h2-5H,1H3. The number of hydrogen-bond donors (Lipinski definition) is 0. The van der Waals surface area contributed by atoms with Gasteiger partial charge in [0, 0.05) is 21.7 Å². The molecule has 0 bridgehead atoms. The molecule has 0 saturated heterocycles. The Bertz CT molecular complexity index is 468. The van der Waals surface area contributed by atoms with E-state index in [0.29, 0.717) is 0 Å². The Kier molecular flexibility index (Phi) is 2.04. The summed E-state index contributed by atoms with van der Waals surface area (Å²) in [5.41, 5.74) is 0.845. The topological polar surface area (TPSA) is 12.9 Å². The molecular weight excluding hydrogens is 233 g/mol. The highest BCUT2D eigenvalue weighted by Gasteiger charge is 2.03. The molecule has 0 saturated carbocycles. The Labute approximate surface area is 83.7 Å². The minimum atomic E-state index is -0.240. The van der Waals surface area contributed by atoms with E-state index in [4.69, 9.17) is 0 Å². The maximum absolute atomic E-state index is 13.0. The lowest BCUT2D eigenvalue weighted by molar-refractivity contribution is 0.629. The van der Waals surface area contributed by atoms with E-state index in [2.05, 4.69) is 20.9 Å². The molecule has 0 spiro atoms. The van der Waals surface area contributed by atoms with Crippen molar-refractivity contribution in [2.75, 3.05) is 0 Å². The number of nitrogens with zero attached hydrogens (tertiary/aromatic N) is 1. The van der Waals surface area contributed by atoms with Gasteiger partial charge in [-0.1, -0.05) is 15.9 Å². The highest BCUT2D eigenvalue weighted by molar-refractivity contribution is 9.10. The third-order valence-corrected chi connectivity index (χ3v) is 2.65. The zero-order chi connectivity index (χ0) is 9.42. The number of pyridine rings is 1. The fraction of sp³-hybridized carbons (Fsp3) is 0.100. The molecule has 0 aliphatic rings. The minimum absolute atomic E-state index is 0.240. The summed E-state index contributed by atoms with van der Waals surface area (Å²) in [5, 5.41) is 1.85. The van der Waals surface area contributed by atoms with Gasteiger partial charge in [-0.15, -0.1) is 0 Å². The van der Waals surface area contributed by atoms with Crippen molar-refractivity contribution in [2.45, 2.75) is 6.92 Å². The average molecular weight is 240 g/mol. The van der Waals surface area contributed by atoms with Gasteiger partial charge in [0.25, 0.3) is 0 Å². The highest BCUT2D eigenvalue weighted by atomic mass is 79.9. The van der Waals surface area contributed by atoms with Gasteiger partial charge in [0.15, 0.2) is 0 Å². The molecule has 0 amide bonds. The van der Waals surface area contributed by atoms with Crippen LogP contribution in [-0.2, 0) is 0 Å². The molecule has 3 heteroatoms. The number of halogens is 2. The SMILES string of the molecule is Cc1nccc2c(Br)cc(F)cc12. The molecule has 1 aromatic heterocycles. The Morgan fingerprint density at radius 3 is 2.85 bits per heavy atom. The van der Waals surface area contributed by atoms with Crippen molar-refractivity contribution in [3.8, 4) is 0 Å². The molecule has 0 atom stereocenters. The van der Waals surface area contributed by atoms with Gasteiger partial charge in [0.2, 0.25) is 0 Å². The minimum Gasteiger partial charge on any atom is -0.261 e. The van der Waals surface area contributed by atoms with Crippen LogP contribution in [0.3, 0.4) is 0 Å². The van der Waals surface area contributed by atoms with Crippen LogP contribution in [0, 0.1) is 12.7 Å². The molecule has 1 nitrogen and oxygen atoms in total. The molecule has 2 rings (SSSR count). The Morgan fingerprint density at radius 1 is 1.31 bits per heavy atom. The maximum Gasteiger partial charge on any atom is 0.125 e. The van der Waals surface area contributed by atoms with Gasteiger partial charge < -0.3 is 0 Å². The number of benzene rings is 1. The van der Waals surface area contributed by atoms with E-state index in [0.717, 1.165) is 20.9 Å². The number of hydrogen-bond acceptors (Lipinski definition) is 1. The largest absolute Gasteiger partial charge is 0.261 e. The first-order chi connectivity index (χ1) is 6.18. The van der Waals surface area contributed by atoms with Crippen LogP contribution in [0.4, 0.5) is 4.39 Å². The lowest BCUT2D eigenvalue weighted by atomic mass is 10.1. The first kappa shape index (κ1) is 8.63. The van der Waals surface area contributed by atoms with Crippen LogP contribution >= 0.6 is 15.9 Å². The van der Waals surface area contributed by atoms with Crippen molar-refractivity contribution in [3.63, 3.8) is 0 Å². The monoisotopic (exact) mass is 239 g/mol. The van der Waals surface area contributed by atoms with Crippen LogP contribution in [0.15, 0.2) is 28.9 Å². The van der Waals surface area contributed by atoms with E-state index in [1.54, 1.807) is 6.20 Å². The summed E-state index contributed by atoms with van der Waals surface area (Å²) in [6.45, 7) is 1.87. The van der Waals surface area contributed by atoms with Crippen molar-refractivity contribution < 1.29 is 4.39 Å². The van der Waals surface area contributed by atoms with Crippen molar-refractivity contribution >= 4 is 26.7 Å². The van der Waals surface area contributed by atoms with Crippen molar-refractivity contribution in [1.29, 1.82) is 0 Å². The Balaban J connectivity index is 2.94. The van der Waals surface area contributed by atoms with Crippen LogP contribution in [0.5, 0.6) is 0 Å². The highest BCUT2D eigenvalue weighted by Crippen LogP contribution is 2.26. The molecule has 0 fully saturated rings. The first-order valence-corrected chi connectivity index (χ1v) is 4.68. The van der Waals surface area contributed by atoms with Crippen LogP contribution in [0.25, 0.3) is 10.8 Å². The summed E-state index contributed by atoms with van der Waals surface area (Å²) in [5.74, 6) is -0.240. The van der Waals surface area contributed by atoms with Crippen LogP contribution < -0.4 is 0 Å². The van der Waals surface area contributed by atoms with E-state index in [1.165, 1.54) is 12.1 Å². The molecule has 0 unspecified atom stereocenters. The number of aromatic nitrogens is 1. The van der Waals surface area contributed by atoms with Crippen LogP contribution in [0.2, 0.25) is 0 Å². The Hall–Kier alpha value is -0.960. The van der Waals surface area contributed by atoms with Gasteiger partial charge in [0.05, 0.1) is 0 Å². The molecule has 2 aromatic rings. The number of fused-ring (bicyclic) bond motifs is 1. The predicted octanol–water partition coefficient (Wildman–Crippen LogP) is 3.44. The van der Waals surface area contributed by atoms with Gasteiger partial charge in [-0.25, -0.2) is 4.39 Å². The van der Waals surface area contributed by atoms with E-state index in [1.807, 2.05) is 13.0 Å². The maximum atomic E-state index is 13.0. The summed E-state index contributed by atoms with van der Waals surface area (Å²) in [6, 6.07) is 4.83. The molecular formula is C10H7BrFN. The molecule has 0 radical (unpaired) electrons. The number of aryl methyl sites for hydroxylation is 1. The molecule has 0 aliphatic carbocycles. The third-order valence-electron chi connectivity index (χ3n) is 1.99. The van der Waals surface area contributed by atoms with Gasteiger partial charge in [0.1, 0.15) is 5.82 Å². The van der Waals surface area contributed by atoms with Crippen molar-refractivity contribution in [3.05, 3.63) is 40.4 Å². The van der Waals surface area contributed by atoms with E-state index in [-0.39, 0.29) is 5.82 Å².